The van der Waals surface area contributed by atoms with E-state index in [1.54, 1.807) is 36.2 Å². The van der Waals surface area contributed by atoms with Gasteiger partial charge in [0.15, 0.2) is 0 Å². The number of anilines is 2. The number of para-hydroxylation sites is 1. The Bertz CT molecular complexity index is 1770. The Balaban J connectivity index is 0.00000338. The van der Waals surface area contributed by atoms with Gasteiger partial charge in [0, 0.05) is 51.6 Å². The maximum absolute atomic E-state index is 13.7. The van der Waals surface area contributed by atoms with Crippen LogP contribution in [0.25, 0.3) is 11.0 Å². The van der Waals surface area contributed by atoms with Crippen molar-refractivity contribution >= 4 is 64.9 Å². The molecule has 11 nitrogen and oxygen atoms in total. The molecular formula is C37H48Cl2N6O5. The fourth-order valence-corrected chi connectivity index (χ4v) is 5.82. The zero-order valence-corrected chi connectivity index (χ0v) is 31.0. The number of carbonyl (C=O) groups excluding carboxylic acids is 3. The molecule has 3 aromatic carbocycles. The summed E-state index contributed by atoms with van der Waals surface area (Å²) in [5.74, 6) is 1.31. The smallest absolute Gasteiger partial charge is 0.259 e. The Morgan fingerprint density at radius 2 is 1.72 bits per heavy atom. The average molecular weight is 728 g/mol. The molecule has 2 heterocycles. The molecule has 4 aromatic rings. The van der Waals surface area contributed by atoms with E-state index in [1.807, 2.05) is 49.1 Å². The van der Waals surface area contributed by atoms with Crippen LogP contribution in [-0.2, 0) is 11.2 Å². The van der Waals surface area contributed by atoms with Gasteiger partial charge in [-0.15, -0.1) is 24.8 Å². The molecule has 2 N–H and O–H groups in total. The second kappa shape index (κ2) is 18.6. The third-order valence-electron chi connectivity index (χ3n) is 8.77. The number of halogens is 2. The first kappa shape index (κ1) is 40.1. The summed E-state index contributed by atoms with van der Waals surface area (Å²) in [4.78, 5) is 53.2. The number of H-pyrrole nitrogens is 1. The number of benzene rings is 3. The summed E-state index contributed by atoms with van der Waals surface area (Å²) in [6.45, 7) is 7.92. The Labute approximate surface area is 306 Å². The van der Waals surface area contributed by atoms with Crippen LogP contribution in [-0.4, -0.2) is 91.5 Å². The molecule has 1 aromatic heterocycles. The summed E-state index contributed by atoms with van der Waals surface area (Å²) < 4.78 is 11.7. The number of nitrogens with zero attached hydrogens (tertiary/aromatic N) is 4. The molecule has 13 heteroatoms. The van der Waals surface area contributed by atoms with E-state index in [9.17, 15) is 14.4 Å². The lowest BCUT2D eigenvalue weighted by Crippen LogP contribution is -2.47. The van der Waals surface area contributed by atoms with Gasteiger partial charge in [-0.05, 0) is 81.3 Å². The third kappa shape index (κ3) is 9.68. The first-order chi connectivity index (χ1) is 23.2. The Morgan fingerprint density at radius 1 is 0.960 bits per heavy atom. The van der Waals surface area contributed by atoms with Gasteiger partial charge in [-0.3, -0.25) is 14.4 Å². The lowest BCUT2D eigenvalue weighted by Gasteiger charge is -2.32. The minimum Gasteiger partial charge on any atom is -0.496 e. The van der Waals surface area contributed by atoms with Gasteiger partial charge in [-0.1, -0.05) is 19.1 Å². The number of nitrogens with one attached hydrogen (secondary N) is 2. The largest absolute Gasteiger partial charge is 0.496 e. The fourth-order valence-electron chi connectivity index (χ4n) is 5.82. The molecule has 3 amide bonds. The number of unbranched alkanes of at least 4 members (excludes halogenated alkanes) is 2. The topological polar surface area (TPSA) is 120 Å². The van der Waals surface area contributed by atoms with Crippen LogP contribution >= 0.6 is 24.8 Å². The predicted octanol–water partition coefficient (Wildman–Crippen LogP) is 6.53. The lowest BCUT2D eigenvalue weighted by molar-refractivity contribution is -0.132. The fraction of sp³-hybridized carbons (Fsp3) is 0.405. The zero-order chi connectivity index (χ0) is 34.2. The van der Waals surface area contributed by atoms with Gasteiger partial charge in [0.05, 0.1) is 36.2 Å². The summed E-state index contributed by atoms with van der Waals surface area (Å²) in [5.41, 5.74) is 4.42. The summed E-state index contributed by atoms with van der Waals surface area (Å²) in [6, 6.07) is 16.1. The molecule has 1 aliphatic rings. The number of aromatic amines is 1. The molecule has 0 radical (unpaired) electrons. The van der Waals surface area contributed by atoms with E-state index in [4.69, 9.17) is 9.47 Å². The van der Waals surface area contributed by atoms with Gasteiger partial charge >= 0.3 is 0 Å². The molecule has 5 rings (SSSR count). The quantitative estimate of drug-likeness (QED) is 0.150. The molecule has 0 aliphatic carbocycles. The van der Waals surface area contributed by atoms with Crippen LogP contribution in [0, 0.1) is 6.92 Å². The normalized spacial score (nSPS) is 12.9. The number of amides is 3. The highest BCUT2D eigenvalue weighted by Gasteiger charge is 2.22. The van der Waals surface area contributed by atoms with Crippen molar-refractivity contribution in [3.05, 3.63) is 77.1 Å². The maximum atomic E-state index is 13.7. The lowest BCUT2D eigenvalue weighted by atomic mass is 10.1. The molecule has 50 heavy (non-hydrogen) atoms. The number of imidazole rings is 1. The maximum Gasteiger partial charge on any atom is 0.259 e. The molecule has 0 spiro atoms. The monoisotopic (exact) mass is 726 g/mol. The van der Waals surface area contributed by atoms with Crippen LogP contribution in [0.1, 0.15) is 64.7 Å². The number of fused-ring (bicyclic) bond motifs is 1. The van der Waals surface area contributed by atoms with E-state index in [0.29, 0.717) is 46.8 Å². The van der Waals surface area contributed by atoms with Crippen LogP contribution in [0.3, 0.4) is 0 Å². The molecule has 0 atom stereocenters. The minimum atomic E-state index is -0.370. The van der Waals surface area contributed by atoms with E-state index in [2.05, 4.69) is 27.2 Å². The first-order valence-corrected chi connectivity index (χ1v) is 16.6. The second-order valence-electron chi connectivity index (χ2n) is 12.3. The van der Waals surface area contributed by atoms with Gasteiger partial charge in [0.25, 0.3) is 11.8 Å². The number of rotatable bonds is 13. The third-order valence-corrected chi connectivity index (χ3v) is 8.77. The highest BCUT2D eigenvalue weighted by molar-refractivity contribution is 6.11. The van der Waals surface area contributed by atoms with Gasteiger partial charge in [-0.25, -0.2) is 4.98 Å². The number of methoxy groups -OCH3 is 1. The van der Waals surface area contributed by atoms with Crippen molar-refractivity contribution in [3.63, 3.8) is 0 Å². The number of likely N-dealkylation sites (N-methyl/N-ethyl adjacent to an activating group) is 1. The van der Waals surface area contributed by atoms with Crippen molar-refractivity contribution in [1.82, 2.24) is 19.8 Å². The average Bonchev–Trinajstić information content (AvgIpc) is 3.54. The number of hydrogen-bond acceptors (Lipinski definition) is 7. The molecule has 1 saturated heterocycles. The molecule has 1 fully saturated rings. The molecule has 1 aliphatic heterocycles. The van der Waals surface area contributed by atoms with Crippen molar-refractivity contribution in [2.75, 3.05) is 64.2 Å². The van der Waals surface area contributed by atoms with Crippen LogP contribution in [0.15, 0.2) is 54.6 Å². The van der Waals surface area contributed by atoms with Gasteiger partial charge in [0.1, 0.15) is 22.8 Å². The summed E-state index contributed by atoms with van der Waals surface area (Å²) in [7, 11) is 5.25. The number of carbonyl (C=O) groups is 3. The molecule has 0 saturated carbocycles. The molecule has 0 bridgehead atoms. The minimum absolute atomic E-state index is 0. The van der Waals surface area contributed by atoms with Crippen molar-refractivity contribution < 1.29 is 23.9 Å². The van der Waals surface area contributed by atoms with Crippen LogP contribution in [0.5, 0.6) is 11.5 Å². The molecular weight excluding hydrogens is 679 g/mol. The second-order valence-corrected chi connectivity index (χ2v) is 12.3. The number of ether oxygens (including phenoxy) is 2. The highest BCUT2D eigenvalue weighted by atomic mass is 35.5. The Kier molecular flexibility index (Phi) is 14.9. The first-order valence-electron chi connectivity index (χ1n) is 16.6. The van der Waals surface area contributed by atoms with Gasteiger partial charge in [-0.2, -0.15) is 0 Å². The van der Waals surface area contributed by atoms with Crippen molar-refractivity contribution in [1.29, 1.82) is 0 Å². The number of hydrogen-bond donors (Lipinski definition) is 2. The van der Waals surface area contributed by atoms with Crippen molar-refractivity contribution in [2.45, 2.75) is 46.0 Å². The highest BCUT2D eigenvalue weighted by Crippen LogP contribution is 2.31. The van der Waals surface area contributed by atoms with Crippen LogP contribution < -0.4 is 19.7 Å². The van der Waals surface area contributed by atoms with Crippen molar-refractivity contribution in [2.24, 2.45) is 0 Å². The zero-order valence-electron chi connectivity index (χ0n) is 29.4. The Morgan fingerprint density at radius 3 is 2.44 bits per heavy atom. The SMILES string of the molecule is CCc1nc2c(NC(=O)c3ccc(C(=O)N(C)c4ccc(C)cc4OCCCCCC(=O)N4CCN(C)CC4)cc3OC)cccc2[nH]1.Cl.Cl. The number of piperazine rings is 1. The summed E-state index contributed by atoms with van der Waals surface area (Å²) >= 11 is 0. The van der Waals surface area contributed by atoms with E-state index in [1.165, 1.54) is 7.11 Å². The van der Waals surface area contributed by atoms with Gasteiger partial charge < -0.3 is 34.5 Å². The predicted molar refractivity (Wildman–Crippen MR) is 203 cm³/mol. The van der Waals surface area contributed by atoms with E-state index in [0.717, 1.165) is 68.8 Å². The Hall–Kier alpha value is -4.32. The summed E-state index contributed by atoms with van der Waals surface area (Å²) in [5, 5.41) is 2.94. The van der Waals surface area contributed by atoms with Gasteiger partial charge in [0.2, 0.25) is 5.91 Å². The van der Waals surface area contributed by atoms with E-state index in [-0.39, 0.29) is 48.3 Å². The van der Waals surface area contributed by atoms with Crippen LogP contribution in [0.4, 0.5) is 11.4 Å². The van der Waals surface area contributed by atoms with Crippen LogP contribution in [0.2, 0.25) is 0 Å². The number of aromatic nitrogens is 2. The standard InChI is InChI=1S/C37H46N6O5.2ClH/c1-6-33-38-28-11-10-12-29(35(28)40-33)39-36(45)27-16-15-26(24-31(27)47-5)37(46)42(4)30-17-14-25(2)23-32(30)48-22-9-7-8-13-34(44)43-20-18-41(3)19-21-43;;/h10-12,14-17,23-24H,6-9,13,18-22H2,1-5H3,(H,38,40)(H,39,45);2*1H. The summed E-state index contributed by atoms with van der Waals surface area (Å²) in [6.07, 6.45) is 3.81. The molecule has 270 valence electrons. The van der Waals surface area contributed by atoms with E-state index >= 15 is 0 Å². The molecule has 0 unspecified atom stereocenters. The van der Waals surface area contributed by atoms with Crippen molar-refractivity contribution in [3.8, 4) is 11.5 Å². The van der Waals surface area contributed by atoms with E-state index < -0.39 is 0 Å². The number of aryl methyl sites for hydroxylation is 2.